The van der Waals surface area contributed by atoms with E-state index < -0.39 is 0 Å². The number of nitrogens with zero attached hydrogens (tertiary/aromatic N) is 3. The molecule has 0 saturated carbocycles. The van der Waals surface area contributed by atoms with Crippen molar-refractivity contribution < 1.29 is 4.79 Å². The average molecular weight is 432 g/mol. The lowest BCUT2D eigenvalue weighted by Gasteiger charge is -2.19. The summed E-state index contributed by atoms with van der Waals surface area (Å²) in [6.45, 7) is 13.8. The highest BCUT2D eigenvalue weighted by Crippen LogP contribution is 2.22. The zero-order valence-corrected chi connectivity index (χ0v) is 19.9. The van der Waals surface area contributed by atoms with E-state index in [0.717, 1.165) is 29.2 Å². The SMILES string of the molecule is CCn1nc(C)c(CN=C(NC(=O)c2ccc(C(C)(C)C)cc2)Nc2ccccc2)c1C. The fourth-order valence-electron chi connectivity index (χ4n) is 3.50. The molecule has 3 aromatic rings. The summed E-state index contributed by atoms with van der Waals surface area (Å²) in [6, 6.07) is 17.4. The van der Waals surface area contributed by atoms with Gasteiger partial charge in [0.15, 0.2) is 0 Å². The highest BCUT2D eigenvalue weighted by atomic mass is 16.1. The van der Waals surface area contributed by atoms with Gasteiger partial charge in [0.25, 0.3) is 5.91 Å². The van der Waals surface area contributed by atoms with Crippen LogP contribution in [0, 0.1) is 13.8 Å². The Balaban J connectivity index is 1.83. The van der Waals surface area contributed by atoms with Crippen LogP contribution in [0.4, 0.5) is 5.69 Å². The Kier molecular flexibility index (Phi) is 7.13. The van der Waals surface area contributed by atoms with Gasteiger partial charge in [-0.3, -0.25) is 14.8 Å². The van der Waals surface area contributed by atoms with Crippen LogP contribution in [-0.2, 0) is 18.5 Å². The lowest BCUT2D eigenvalue weighted by Crippen LogP contribution is -2.36. The third-order valence-electron chi connectivity index (χ3n) is 5.51. The predicted octanol–water partition coefficient (Wildman–Crippen LogP) is 5.22. The summed E-state index contributed by atoms with van der Waals surface area (Å²) in [5, 5.41) is 10.7. The minimum Gasteiger partial charge on any atom is -0.326 e. The van der Waals surface area contributed by atoms with Crippen molar-refractivity contribution in [2.75, 3.05) is 5.32 Å². The maximum absolute atomic E-state index is 13.0. The highest BCUT2D eigenvalue weighted by molar-refractivity contribution is 6.09. The Bertz CT molecular complexity index is 1090. The molecular weight excluding hydrogens is 398 g/mol. The number of aryl methyl sites for hydroxylation is 2. The molecule has 1 amide bonds. The molecule has 0 bridgehead atoms. The zero-order chi connectivity index (χ0) is 23.3. The molecular formula is C26H33N5O. The van der Waals surface area contributed by atoms with Gasteiger partial charge in [0.2, 0.25) is 5.96 Å². The minimum atomic E-state index is -0.203. The first-order valence-corrected chi connectivity index (χ1v) is 11.0. The van der Waals surface area contributed by atoms with Crippen molar-refractivity contribution in [1.29, 1.82) is 0 Å². The lowest BCUT2D eigenvalue weighted by atomic mass is 9.87. The van der Waals surface area contributed by atoms with Gasteiger partial charge in [-0.2, -0.15) is 5.10 Å². The molecule has 0 aliphatic heterocycles. The summed E-state index contributed by atoms with van der Waals surface area (Å²) in [6.07, 6.45) is 0. The topological polar surface area (TPSA) is 71.3 Å². The number of anilines is 1. The van der Waals surface area contributed by atoms with E-state index in [-0.39, 0.29) is 11.3 Å². The molecule has 0 fully saturated rings. The van der Waals surface area contributed by atoms with Gasteiger partial charge in [-0.15, -0.1) is 0 Å². The number of rotatable bonds is 5. The summed E-state index contributed by atoms with van der Waals surface area (Å²) in [7, 11) is 0. The summed E-state index contributed by atoms with van der Waals surface area (Å²) in [4.78, 5) is 17.7. The van der Waals surface area contributed by atoms with Gasteiger partial charge in [-0.25, -0.2) is 4.99 Å². The molecule has 0 radical (unpaired) electrons. The van der Waals surface area contributed by atoms with Crippen LogP contribution in [0.25, 0.3) is 0 Å². The van der Waals surface area contributed by atoms with Gasteiger partial charge in [-0.1, -0.05) is 51.1 Å². The second kappa shape index (κ2) is 9.81. The summed E-state index contributed by atoms with van der Waals surface area (Å²) >= 11 is 0. The highest BCUT2D eigenvalue weighted by Gasteiger charge is 2.16. The number of benzene rings is 2. The van der Waals surface area contributed by atoms with Gasteiger partial charge < -0.3 is 5.32 Å². The smallest absolute Gasteiger partial charge is 0.257 e. The zero-order valence-electron chi connectivity index (χ0n) is 19.9. The molecule has 168 valence electrons. The Morgan fingerprint density at radius 1 is 1.03 bits per heavy atom. The number of hydrogen-bond acceptors (Lipinski definition) is 3. The number of carbonyl (C=O) groups is 1. The fraction of sp³-hybridized carbons (Fsp3) is 0.346. The number of nitrogens with one attached hydrogen (secondary N) is 2. The number of para-hydroxylation sites is 1. The Hall–Kier alpha value is -3.41. The van der Waals surface area contributed by atoms with Crippen molar-refractivity contribution in [3.63, 3.8) is 0 Å². The molecule has 0 spiro atoms. The molecule has 0 aliphatic rings. The van der Waals surface area contributed by atoms with Gasteiger partial charge in [0, 0.05) is 29.1 Å². The van der Waals surface area contributed by atoms with E-state index in [1.165, 1.54) is 5.56 Å². The number of aliphatic imine (C=N–C) groups is 1. The molecule has 2 aromatic carbocycles. The van der Waals surface area contributed by atoms with Crippen LogP contribution in [0.2, 0.25) is 0 Å². The third-order valence-corrected chi connectivity index (χ3v) is 5.51. The van der Waals surface area contributed by atoms with Gasteiger partial charge in [0.05, 0.1) is 12.2 Å². The quantitative estimate of drug-likeness (QED) is 0.430. The van der Waals surface area contributed by atoms with E-state index in [2.05, 4.69) is 43.4 Å². The average Bonchev–Trinajstić information content (AvgIpc) is 3.04. The molecule has 2 N–H and O–H groups in total. The Morgan fingerprint density at radius 2 is 1.69 bits per heavy atom. The Morgan fingerprint density at radius 3 is 2.25 bits per heavy atom. The maximum atomic E-state index is 13.0. The molecule has 1 heterocycles. The van der Waals surface area contributed by atoms with E-state index in [0.29, 0.717) is 18.1 Å². The number of guanidine groups is 1. The van der Waals surface area contributed by atoms with Crippen LogP contribution in [-0.4, -0.2) is 21.6 Å². The molecule has 3 rings (SSSR count). The first-order valence-electron chi connectivity index (χ1n) is 11.0. The molecule has 1 aromatic heterocycles. The number of hydrogen-bond donors (Lipinski definition) is 2. The maximum Gasteiger partial charge on any atom is 0.257 e. The monoisotopic (exact) mass is 431 g/mol. The molecule has 0 saturated heterocycles. The second-order valence-electron chi connectivity index (χ2n) is 8.90. The van der Waals surface area contributed by atoms with Crippen LogP contribution < -0.4 is 10.6 Å². The third kappa shape index (κ3) is 5.63. The largest absolute Gasteiger partial charge is 0.326 e. The molecule has 32 heavy (non-hydrogen) atoms. The second-order valence-corrected chi connectivity index (χ2v) is 8.90. The molecule has 6 nitrogen and oxygen atoms in total. The van der Waals surface area contributed by atoms with Gasteiger partial charge in [0.1, 0.15) is 0 Å². The summed E-state index contributed by atoms with van der Waals surface area (Å²) in [5.74, 6) is 0.203. The Labute approximate surface area is 190 Å². The van der Waals surface area contributed by atoms with E-state index >= 15 is 0 Å². The molecule has 0 atom stereocenters. The fourth-order valence-corrected chi connectivity index (χ4v) is 3.50. The molecule has 0 aliphatic carbocycles. The van der Waals surface area contributed by atoms with Crippen LogP contribution in [0.1, 0.15) is 60.6 Å². The van der Waals surface area contributed by atoms with E-state index in [1.807, 2.05) is 73.1 Å². The van der Waals surface area contributed by atoms with Crippen LogP contribution >= 0.6 is 0 Å². The molecule has 0 unspecified atom stereocenters. The lowest BCUT2D eigenvalue weighted by molar-refractivity contribution is 0.0977. The van der Waals surface area contributed by atoms with Crippen molar-refractivity contribution in [2.45, 2.75) is 60.0 Å². The standard InChI is InChI=1S/C26H33N5O/c1-7-31-19(3)23(18(2)30-31)17-27-25(28-22-11-9-8-10-12-22)29-24(32)20-13-15-21(16-14-20)26(4,5)6/h8-16H,7,17H2,1-6H3,(H2,27,28,29,32). The van der Waals surface area contributed by atoms with Crippen molar-refractivity contribution in [1.82, 2.24) is 15.1 Å². The first kappa shape index (κ1) is 23.3. The predicted molar refractivity (Wildman–Crippen MR) is 131 cm³/mol. The normalized spacial score (nSPS) is 12.0. The van der Waals surface area contributed by atoms with Crippen LogP contribution in [0.5, 0.6) is 0 Å². The van der Waals surface area contributed by atoms with Gasteiger partial charge in [-0.05, 0) is 56.0 Å². The van der Waals surface area contributed by atoms with Crippen molar-refractivity contribution in [3.05, 3.63) is 82.7 Å². The first-order chi connectivity index (χ1) is 15.2. The van der Waals surface area contributed by atoms with Crippen molar-refractivity contribution in [2.24, 2.45) is 4.99 Å². The molecule has 6 heteroatoms. The number of carbonyl (C=O) groups excluding carboxylic acids is 1. The summed E-state index contributed by atoms with van der Waals surface area (Å²) in [5.41, 5.74) is 5.79. The van der Waals surface area contributed by atoms with Crippen molar-refractivity contribution >= 4 is 17.6 Å². The summed E-state index contributed by atoms with van der Waals surface area (Å²) < 4.78 is 1.97. The van der Waals surface area contributed by atoms with E-state index in [4.69, 9.17) is 4.99 Å². The van der Waals surface area contributed by atoms with Gasteiger partial charge >= 0.3 is 0 Å². The minimum absolute atomic E-state index is 0.0368. The van der Waals surface area contributed by atoms with Crippen LogP contribution in [0.3, 0.4) is 0 Å². The number of amides is 1. The van der Waals surface area contributed by atoms with E-state index in [1.54, 1.807) is 0 Å². The van der Waals surface area contributed by atoms with E-state index in [9.17, 15) is 4.79 Å². The van der Waals surface area contributed by atoms with Crippen LogP contribution in [0.15, 0.2) is 59.6 Å². The number of aromatic nitrogens is 2. The van der Waals surface area contributed by atoms with Crippen molar-refractivity contribution in [3.8, 4) is 0 Å².